The Morgan fingerprint density at radius 2 is 1.88 bits per heavy atom. The number of rotatable bonds is 9. The maximum absolute atomic E-state index is 3.44. The topological polar surface area (TPSA) is 15.3 Å². The van der Waals surface area contributed by atoms with Gasteiger partial charge in [0.25, 0.3) is 0 Å². The molecule has 98 valence electrons. The van der Waals surface area contributed by atoms with Crippen molar-refractivity contribution in [3.05, 3.63) is 0 Å². The number of nitrogens with one attached hydrogen (secondary N) is 1. The molecule has 0 radical (unpaired) electrons. The molecule has 3 heteroatoms. The van der Waals surface area contributed by atoms with Crippen molar-refractivity contribution < 1.29 is 0 Å². The maximum Gasteiger partial charge on any atom is 0.0104 e. The number of nitrogens with zero attached hydrogens (tertiary/aromatic N) is 1. The predicted octanol–water partition coefficient (Wildman–Crippen LogP) is 2.69. The summed E-state index contributed by atoms with van der Waals surface area (Å²) in [6, 6.07) is 1.34. The Morgan fingerprint density at radius 1 is 1.25 bits per heavy atom. The van der Waals surface area contributed by atoms with E-state index in [9.17, 15) is 0 Å². The summed E-state index contributed by atoms with van der Waals surface area (Å²) in [4.78, 5) is 2.53. The van der Waals surface area contributed by atoms with Gasteiger partial charge in [-0.25, -0.2) is 0 Å². The Bertz CT molecular complexity index is 146. The summed E-state index contributed by atoms with van der Waals surface area (Å²) in [5, 5.41) is 3.44. The minimum Gasteiger partial charge on any atom is -0.317 e. The largest absolute Gasteiger partial charge is 0.317 e. The van der Waals surface area contributed by atoms with Gasteiger partial charge >= 0.3 is 0 Å². The zero-order valence-electron chi connectivity index (χ0n) is 11.9. The third-order valence-corrected chi connectivity index (χ3v) is 4.26. The lowest BCUT2D eigenvalue weighted by molar-refractivity contribution is 0.147. The van der Waals surface area contributed by atoms with Crippen LogP contribution in [0.25, 0.3) is 0 Å². The molecule has 0 spiro atoms. The van der Waals surface area contributed by atoms with E-state index in [0.29, 0.717) is 18.0 Å². The normalized spacial score (nSPS) is 17.4. The molecule has 0 saturated carbocycles. The van der Waals surface area contributed by atoms with Gasteiger partial charge in [-0.05, 0) is 58.3 Å². The van der Waals surface area contributed by atoms with Gasteiger partial charge in [0.05, 0.1) is 0 Å². The van der Waals surface area contributed by atoms with Gasteiger partial charge in [-0.15, -0.1) is 0 Å². The molecule has 16 heavy (non-hydrogen) atoms. The molecular weight excluding hydrogens is 216 g/mol. The van der Waals surface area contributed by atoms with E-state index in [-0.39, 0.29) is 0 Å². The monoisotopic (exact) mass is 246 g/mol. The van der Waals surface area contributed by atoms with Crippen molar-refractivity contribution >= 4 is 11.8 Å². The summed E-state index contributed by atoms with van der Waals surface area (Å²) in [7, 11) is 2.26. The van der Waals surface area contributed by atoms with Gasteiger partial charge in [0.15, 0.2) is 0 Å². The zero-order valence-corrected chi connectivity index (χ0v) is 12.7. The molecule has 0 aromatic rings. The van der Waals surface area contributed by atoms with E-state index >= 15 is 0 Å². The Labute approximate surface area is 107 Å². The number of hydrogen-bond acceptors (Lipinski definition) is 3. The van der Waals surface area contributed by atoms with Gasteiger partial charge in [0.2, 0.25) is 0 Å². The van der Waals surface area contributed by atoms with Crippen LogP contribution in [0, 0.1) is 5.92 Å². The first-order valence-corrected chi connectivity index (χ1v) is 7.85. The highest BCUT2D eigenvalue weighted by Gasteiger charge is 2.20. The van der Waals surface area contributed by atoms with Gasteiger partial charge in [0.1, 0.15) is 0 Å². The molecule has 0 aliphatic heterocycles. The fourth-order valence-electron chi connectivity index (χ4n) is 1.84. The molecule has 0 aliphatic rings. The van der Waals surface area contributed by atoms with Gasteiger partial charge in [0, 0.05) is 12.1 Å². The van der Waals surface area contributed by atoms with Crippen LogP contribution >= 0.6 is 11.8 Å². The molecule has 0 bridgehead atoms. The molecule has 0 aliphatic carbocycles. The maximum atomic E-state index is 3.44. The minimum atomic E-state index is 0.649. The van der Waals surface area contributed by atoms with Crippen LogP contribution in [-0.4, -0.2) is 49.1 Å². The summed E-state index contributed by atoms with van der Waals surface area (Å²) in [6.07, 6.45) is 3.47. The molecule has 2 nitrogen and oxygen atoms in total. The third kappa shape index (κ3) is 6.12. The summed E-state index contributed by atoms with van der Waals surface area (Å²) in [5.74, 6) is 1.97. The predicted molar refractivity (Wildman–Crippen MR) is 77.4 cm³/mol. The van der Waals surface area contributed by atoms with Crippen LogP contribution in [0.3, 0.4) is 0 Å². The molecule has 1 N–H and O–H groups in total. The highest BCUT2D eigenvalue weighted by molar-refractivity contribution is 7.98. The van der Waals surface area contributed by atoms with Gasteiger partial charge in [-0.2, -0.15) is 11.8 Å². The van der Waals surface area contributed by atoms with E-state index in [1.807, 2.05) is 11.8 Å². The molecule has 0 aromatic heterocycles. The summed E-state index contributed by atoms with van der Waals surface area (Å²) in [5.41, 5.74) is 0. The Hall–Kier alpha value is 0.270. The second-order valence-corrected chi connectivity index (χ2v) is 5.81. The van der Waals surface area contributed by atoms with Gasteiger partial charge in [-0.3, -0.25) is 0 Å². The second kappa shape index (κ2) is 9.32. The summed E-state index contributed by atoms with van der Waals surface area (Å²) < 4.78 is 0. The van der Waals surface area contributed by atoms with E-state index in [4.69, 9.17) is 0 Å². The zero-order chi connectivity index (χ0) is 12.6. The molecule has 3 atom stereocenters. The van der Waals surface area contributed by atoms with Crippen molar-refractivity contribution in [2.45, 2.75) is 46.2 Å². The average molecular weight is 246 g/mol. The minimum absolute atomic E-state index is 0.649. The van der Waals surface area contributed by atoms with Crippen LogP contribution in [0.2, 0.25) is 0 Å². The first-order chi connectivity index (χ1) is 7.54. The first kappa shape index (κ1) is 16.3. The molecule has 3 unspecified atom stereocenters. The van der Waals surface area contributed by atoms with Crippen molar-refractivity contribution in [2.24, 2.45) is 5.92 Å². The Balaban J connectivity index is 3.98. The molecule has 0 aromatic carbocycles. The number of thioether (sulfide) groups is 1. The molecule has 0 fully saturated rings. The van der Waals surface area contributed by atoms with Crippen LogP contribution in [0.1, 0.15) is 34.1 Å². The second-order valence-electron chi connectivity index (χ2n) is 4.82. The van der Waals surface area contributed by atoms with Crippen LogP contribution in [0.5, 0.6) is 0 Å². The average Bonchev–Trinajstić information content (AvgIpc) is 2.30. The van der Waals surface area contributed by atoms with E-state index in [2.05, 4.69) is 51.2 Å². The molecule has 0 rings (SSSR count). The van der Waals surface area contributed by atoms with Crippen molar-refractivity contribution in [3.63, 3.8) is 0 Å². The molecule has 0 saturated heterocycles. The lowest BCUT2D eigenvalue weighted by atomic mass is 10.0. The van der Waals surface area contributed by atoms with Crippen LogP contribution in [0.4, 0.5) is 0 Å². The first-order valence-electron chi connectivity index (χ1n) is 6.46. The number of hydrogen-bond donors (Lipinski definition) is 1. The smallest absolute Gasteiger partial charge is 0.0104 e. The van der Waals surface area contributed by atoms with E-state index in [0.717, 1.165) is 13.1 Å². The summed E-state index contributed by atoms with van der Waals surface area (Å²) in [6.45, 7) is 11.4. The van der Waals surface area contributed by atoms with Crippen molar-refractivity contribution in [1.29, 1.82) is 0 Å². The van der Waals surface area contributed by atoms with E-state index in [1.54, 1.807) is 0 Å². The van der Waals surface area contributed by atoms with E-state index < -0.39 is 0 Å². The Kier molecular flexibility index (Phi) is 9.47. The molecule has 0 heterocycles. The molecule has 0 amide bonds. The lowest BCUT2D eigenvalue weighted by Gasteiger charge is -2.34. The van der Waals surface area contributed by atoms with E-state index in [1.165, 1.54) is 12.2 Å². The highest BCUT2D eigenvalue weighted by Crippen LogP contribution is 2.14. The van der Waals surface area contributed by atoms with Crippen molar-refractivity contribution in [3.8, 4) is 0 Å². The van der Waals surface area contributed by atoms with Gasteiger partial charge in [-0.1, -0.05) is 13.8 Å². The lowest BCUT2D eigenvalue weighted by Crippen LogP contribution is -2.43. The standard InChI is InChI=1S/C13H30N2S/c1-7-14-10-11(2)13(4)15(5)12(3)8-9-16-6/h11-14H,7-10H2,1-6H3. The fourth-order valence-corrected chi connectivity index (χ4v) is 2.41. The van der Waals surface area contributed by atoms with Crippen LogP contribution in [0.15, 0.2) is 0 Å². The summed E-state index contributed by atoms with van der Waals surface area (Å²) >= 11 is 1.94. The van der Waals surface area contributed by atoms with Crippen LogP contribution < -0.4 is 5.32 Å². The molecular formula is C13H30N2S. The van der Waals surface area contributed by atoms with Gasteiger partial charge < -0.3 is 10.2 Å². The highest BCUT2D eigenvalue weighted by atomic mass is 32.2. The van der Waals surface area contributed by atoms with Crippen molar-refractivity contribution in [1.82, 2.24) is 10.2 Å². The third-order valence-electron chi connectivity index (χ3n) is 3.62. The van der Waals surface area contributed by atoms with Crippen LogP contribution in [-0.2, 0) is 0 Å². The Morgan fingerprint density at radius 3 is 2.38 bits per heavy atom. The van der Waals surface area contributed by atoms with Crippen molar-refractivity contribution in [2.75, 3.05) is 32.1 Å². The fraction of sp³-hybridized carbons (Fsp3) is 1.00. The quantitative estimate of drug-likeness (QED) is 0.673. The SMILES string of the molecule is CCNCC(C)C(C)N(C)C(C)CCSC.